The largest absolute Gasteiger partial charge is 0.409 e. The molecule has 0 aromatic carbocycles. The lowest BCUT2D eigenvalue weighted by atomic mass is 10.2. The molecule has 0 saturated carbocycles. The van der Waals surface area contributed by atoms with Gasteiger partial charge in [-0.05, 0) is 28.0 Å². The Kier molecular flexibility index (Phi) is 5.19. The molecule has 0 spiro atoms. The van der Waals surface area contributed by atoms with Crippen molar-refractivity contribution in [2.75, 3.05) is 6.61 Å². The third-order valence-electron chi connectivity index (χ3n) is 3.11. The molecule has 0 amide bonds. The van der Waals surface area contributed by atoms with E-state index in [1.54, 1.807) is 10.9 Å². The van der Waals surface area contributed by atoms with E-state index >= 15 is 0 Å². The van der Waals surface area contributed by atoms with Gasteiger partial charge in [0.25, 0.3) is 0 Å². The molecule has 0 radical (unpaired) electrons. The van der Waals surface area contributed by atoms with Crippen LogP contribution in [-0.4, -0.2) is 40.5 Å². The van der Waals surface area contributed by atoms with E-state index in [1.807, 2.05) is 6.07 Å². The summed E-state index contributed by atoms with van der Waals surface area (Å²) in [7, 11) is -1.12. The molecule has 0 aliphatic rings. The fourth-order valence-electron chi connectivity index (χ4n) is 1.89. The zero-order valence-corrected chi connectivity index (χ0v) is 15.5. The van der Waals surface area contributed by atoms with Crippen LogP contribution in [0.15, 0.2) is 21.9 Å². The molecule has 0 aliphatic heterocycles. The summed E-state index contributed by atoms with van der Waals surface area (Å²) < 4.78 is 8.12. The normalized spacial score (nSPS) is 13.0. The molecular formula is C13H20BrN5O2Si. The van der Waals surface area contributed by atoms with Gasteiger partial charge in [0.2, 0.25) is 0 Å². The summed E-state index contributed by atoms with van der Waals surface area (Å²) in [4.78, 5) is 4.34. The van der Waals surface area contributed by atoms with Crippen LogP contribution in [0.25, 0.3) is 11.0 Å². The lowest BCUT2D eigenvalue weighted by Crippen LogP contribution is -2.22. The highest BCUT2D eigenvalue weighted by molar-refractivity contribution is 9.10. The average Bonchev–Trinajstić information content (AvgIpc) is 2.79. The van der Waals surface area contributed by atoms with Crippen LogP contribution in [-0.2, 0) is 11.5 Å². The summed E-state index contributed by atoms with van der Waals surface area (Å²) in [6, 6.07) is 2.92. The number of hydrogen-bond acceptors (Lipinski definition) is 5. The monoisotopic (exact) mass is 385 g/mol. The second-order valence-corrected chi connectivity index (χ2v) is 12.7. The Morgan fingerprint density at radius 3 is 2.86 bits per heavy atom. The zero-order chi connectivity index (χ0) is 16.3. The summed E-state index contributed by atoms with van der Waals surface area (Å²) >= 11 is 3.36. The van der Waals surface area contributed by atoms with Crippen LogP contribution in [0, 0.1) is 0 Å². The third-order valence-corrected chi connectivity index (χ3v) is 5.25. The van der Waals surface area contributed by atoms with Gasteiger partial charge in [0.1, 0.15) is 12.4 Å². The number of ether oxygens (including phenoxy) is 1. The summed E-state index contributed by atoms with van der Waals surface area (Å²) in [5, 5.41) is 17.0. The zero-order valence-electron chi connectivity index (χ0n) is 12.9. The summed E-state index contributed by atoms with van der Waals surface area (Å²) in [5.41, 5.74) is 6.71. The Morgan fingerprint density at radius 2 is 2.23 bits per heavy atom. The molecule has 2 rings (SSSR count). The first-order valence-electron chi connectivity index (χ1n) is 6.89. The van der Waals surface area contributed by atoms with E-state index in [2.05, 4.69) is 50.8 Å². The van der Waals surface area contributed by atoms with Gasteiger partial charge in [0.05, 0.1) is 5.39 Å². The van der Waals surface area contributed by atoms with Crippen molar-refractivity contribution in [3.8, 4) is 0 Å². The van der Waals surface area contributed by atoms with Gasteiger partial charge in [0, 0.05) is 25.4 Å². The average molecular weight is 386 g/mol. The number of aromatic nitrogens is 3. The molecule has 7 nitrogen and oxygen atoms in total. The number of pyridine rings is 1. The van der Waals surface area contributed by atoms with Crippen LogP contribution in [0.5, 0.6) is 0 Å². The number of nitrogens with two attached hydrogens (primary N) is 1. The molecule has 0 aliphatic carbocycles. The molecule has 3 N–H and O–H groups in total. The SMILES string of the molecule is C[Si](C)(C)CCOCn1nc(/C(N)=N/O)c2cc(Br)cnc21. The Bertz CT molecular complexity index is 696. The van der Waals surface area contributed by atoms with Crippen LogP contribution in [0.3, 0.4) is 0 Å². The van der Waals surface area contributed by atoms with E-state index in [4.69, 9.17) is 15.7 Å². The Labute approximate surface area is 138 Å². The molecule has 9 heteroatoms. The van der Waals surface area contributed by atoms with Crippen molar-refractivity contribution in [2.24, 2.45) is 10.9 Å². The number of nitrogens with zero attached hydrogens (tertiary/aromatic N) is 4. The third kappa shape index (κ3) is 4.05. The molecule has 22 heavy (non-hydrogen) atoms. The number of hydrogen-bond donors (Lipinski definition) is 2. The standard InChI is InChI=1S/C13H20BrN5O2Si/c1-22(2,3)5-4-21-8-19-13-10(6-9(14)7-16-13)11(17-19)12(15)18-20/h6-7,20H,4-5,8H2,1-3H3,(H2,15,18). The van der Waals surface area contributed by atoms with Crippen molar-refractivity contribution < 1.29 is 9.94 Å². The van der Waals surface area contributed by atoms with Crippen LogP contribution >= 0.6 is 15.9 Å². The van der Waals surface area contributed by atoms with Crippen molar-refractivity contribution in [3.63, 3.8) is 0 Å². The number of oxime groups is 1. The maximum atomic E-state index is 8.88. The van der Waals surface area contributed by atoms with Gasteiger partial charge in [0.15, 0.2) is 11.5 Å². The van der Waals surface area contributed by atoms with Crippen molar-refractivity contribution in [1.82, 2.24) is 14.8 Å². The van der Waals surface area contributed by atoms with Gasteiger partial charge in [-0.25, -0.2) is 9.67 Å². The quantitative estimate of drug-likeness (QED) is 0.199. The Balaban J connectivity index is 2.23. The highest BCUT2D eigenvalue weighted by Gasteiger charge is 2.16. The van der Waals surface area contributed by atoms with E-state index in [0.29, 0.717) is 23.3 Å². The van der Waals surface area contributed by atoms with E-state index in [0.717, 1.165) is 10.5 Å². The number of fused-ring (bicyclic) bond motifs is 1. The summed E-state index contributed by atoms with van der Waals surface area (Å²) in [6.07, 6.45) is 1.68. The van der Waals surface area contributed by atoms with E-state index in [-0.39, 0.29) is 12.6 Å². The van der Waals surface area contributed by atoms with Crippen molar-refractivity contribution in [3.05, 3.63) is 22.4 Å². The Morgan fingerprint density at radius 1 is 1.50 bits per heavy atom. The fourth-order valence-corrected chi connectivity index (χ4v) is 2.98. The highest BCUT2D eigenvalue weighted by atomic mass is 79.9. The van der Waals surface area contributed by atoms with Crippen LogP contribution in [0.4, 0.5) is 0 Å². The smallest absolute Gasteiger partial charge is 0.191 e. The maximum Gasteiger partial charge on any atom is 0.191 e. The molecule has 120 valence electrons. The first-order chi connectivity index (χ1) is 10.3. The van der Waals surface area contributed by atoms with E-state index in [9.17, 15) is 0 Å². The van der Waals surface area contributed by atoms with Crippen molar-refractivity contribution in [1.29, 1.82) is 0 Å². The van der Waals surface area contributed by atoms with Gasteiger partial charge >= 0.3 is 0 Å². The van der Waals surface area contributed by atoms with Gasteiger partial charge in [-0.1, -0.05) is 24.8 Å². The number of halogens is 1. The van der Waals surface area contributed by atoms with Gasteiger partial charge in [-0.3, -0.25) is 0 Å². The molecule has 2 heterocycles. The molecule has 2 aromatic heterocycles. The second kappa shape index (κ2) is 6.76. The highest BCUT2D eigenvalue weighted by Crippen LogP contribution is 2.21. The first-order valence-corrected chi connectivity index (χ1v) is 11.4. The Hall–Kier alpha value is -1.45. The lowest BCUT2D eigenvalue weighted by Gasteiger charge is -2.15. The van der Waals surface area contributed by atoms with Crippen molar-refractivity contribution in [2.45, 2.75) is 32.4 Å². The number of amidine groups is 1. The molecule has 0 bridgehead atoms. The minimum Gasteiger partial charge on any atom is -0.409 e. The van der Waals surface area contributed by atoms with Gasteiger partial charge < -0.3 is 15.7 Å². The summed E-state index contributed by atoms with van der Waals surface area (Å²) in [5.74, 6) is -0.0502. The summed E-state index contributed by atoms with van der Waals surface area (Å²) in [6.45, 7) is 7.88. The molecule has 0 saturated heterocycles. The van der Waals surface area contributed by atoms with Crippen LogP contribution < -0.4 is 5.73 Å². The van der Waals surface area contributed by atoms with E-state index in [1.165, 1.54) is 0 Å². The minimum atomic E-state index is -1.12. The molecular weight excluding hydrogens is 366 g/mol. The maximum absolute atomic E-state index is 8.88. The first kappa shape index (κ1) is 16.9. The molecule has 2 aromatic rings. The van der Waals surface area contributed by atoms with Crippen molar-refractivity contribution >= 4 is 40.9 Å². The minimum absolute atomic E-state index is 0.0502. The molecule has 0 fully saturated rings. The predicted octanol–water partition coefficient (Wildman–Crippen LogP) is 2.60. The van der Waals surface area contributed by atoms with E-state index < -0.39 is 8.07 Å². The fraction of sp³-hybridized carbons (Fsp3) is 0.462. The molecule has 0 atom stereocenters. The predicted molar refractivity (Wildman–Crippen MR) is 91.8 cm³/mol. The van der Waals surface area contributed by atoms with Crippen LogP contribution in [0.1, 0.15) is 5.69 Å². The topological polar surface area (TPSA) is 98.6 Å². The van der Waals surface area contributed by atoms with Gasteiger partial charge in [-0.15, -0.1) is 0 Å². The van der Waals surface area contributed by atoms with Gasteiger partial charge in [-0.2, -0.15) is 5.10 Å². The molecule has 0 unspecified atom stereocenters. The lowest BCUT2D eigenvalue weighted by molar-refractivity contribution is 0.0812. The number of rotatable bonds is 6. The van der Waals surface area contributed by atoms with Crippen LogP contribution in [0.2, 0.25) is 25.7 Å². The second-order valence-electron chi connectivity index (χ2n) is 6.21.